The number of hydrogen-bond acceptors (Lipinski definition) is 3. The van der Waals surface area contributed by atoms with Crippen LogP contribution in [0.2, 0.25) is 0 Å². The normalized spacial score (nSPS) is 17.0. The number of carbonyl (C=O) groups excluding carboxylic acids is 2. The Morgan fingerprint density at radius 2 is 1.68 bits per heavy atom. The predicted octanol–water partition coefficient (Wildman–Crippen LogP) is 3.39. The molecule has 152 valence electrons. The zero-order valence-electron chi connectivity index (χ0n) is 16.8. The Morgan fingerprint density at radius 3 is 2.45 bits per heavy atom. The van der Waals surface area contributed by atoms with Gasteiger partial charge in [-0.2, -0.15) is 0 Å². The van der Waals surface area contributed by atoms with Crippen molar-refractivity contribution in [3.8, 4) is 3.70 Å². The second-order valence-corrected chi connectivity index (χ2v) is 11.8. The van der Waals surface area contributed by atoms with Crippen molar-refractivity contribution in [1.82, 2.24) is 15.2 Å². The van der Waals surface area contributed by atoms with Gasteiger partial charge in [0.05, 0.1) is 0 Å². The molecular formula is C24H17N3O2STe. The number of para-hydroxylation sites is 2. The van der Waals surface area contributed by atoms with Crippen molar-refractivity contribution >= 4 is 77.5 Å². The zero-order valence-corrected chi connectivity index (χ0v) is 19.9. The van der Waals surface area contributed by atoms with Crippen LogP contribution in [-0.2, 0) is 15.0 Å². The third-order valence-electron chi connectivity index (χ3n) is 6.21. The van der Waals surface area contributed by atoms with Crippen LogP contribution in [0.15, 0.2) is 54.1 Å². The SMILES string of the molecule is CC1(C)c2cc(C=C3C(=O)NC(=S)NC3=O)[te]c2-n2c3ccccc3c3cccc1c32. The van der Waals surface area contributed by atoms with Crippen LogP contribution in [0.1, 0.15) is 28.6 Å². The van der Waals surface area contributed by atoms with E-state index in [9.17, 15) is 9.59 Å². The van der Waals surface area contributed by atoms with E-state index in [1.165, 1.54) is 36.6 Å². The van der Waals surface area contributed by atoms with Crippen molar-refractivity contribution in [2.75, 3.05) is 0 Å². The van der Waals surface area contributed by atoms with E-state index in [0.717, 1.165) is 3.58 Å². The molecule has 0 aliphatic carbocycles. The van der Waals surface area contributed by atoms with Crippen LogP contribution >= 0.6 is 12.2 Å². The molecular weight excluding hydrogens is 522 g/mol. The first-order valence-electron chi connectivity index (χ1n) is 9.92. The van der Waals surface area contributed by atoms with E-state index < -0.39 is 32.2 Å². The molecule has 5 nitrogen and oxygen atoms in total. The van der Waals surface area contributed by atoms with Gasteiger partial charge in [0.25, 0.3) is 0 Å². The Bertz CT molecular complexity index is 1500. The van der Waals surface area contributed by atoms with Crippen LogP contribution in [-0.4, -0.2) is 41.9 Å². The van der Waals surface area contributed by atoms with Crippen LogP contribution in [0.25, 0.3) is 31.6 Å². The molecule has 4 heterocycles. The first-order valence-corrected chi connectivity index (χ1v) is 12.7. The van der Waals surface area contributed by atoms with Gasteiger partial charge in [-0.05, 0) is 0 Å². The summed E-state index contributed by atoms with van der Waals surface area (Å²) >= 11 is 4.10. The molecule has 2 N–H and O–H groups in total. The van der Waals surface area contributed by atoms with Crippen LogP contribution in [0.5, 0.6) is 0 Å². The minimum absolute atomic E-state index is 0.0548. The van der Waals surface area contributed by atoms with E-state index in [4.69, 9.17) is 12.2 Å². The summed E-state index contributed by atoms with van der Waals surface area (Å²) in [5.41, 5.74) is 5.01. The Kier molecular flexibility index (Phi) is 3.92. The molecule has 0 saturated carbocycles. The van der Waals surface area contributed by atoms with Crippen LogP contribution in [0.3, 0.4) is 0 Å². The van der Waals surface area contributed by atoms with E-state index in [0.29, 0.717) is 0 Å². The number of carbonyl (C=O) groups is 2. The molecule has 1 saturated heterocycles. The Labute approximate surface area is 193 Å². The second-order valence-electron chi connectivity index (χ2n) is 8.34. The Morgan fingerprint density at radius 1 is 0.968 bits per heavy atom. The fraction of sp³-hybridized carbons (Fsp3) is 0.125. The standard InChI is InChI=1S/C24H17N3O2STe/c1-24(2)16-8-5-7-14-13-6-3-4-9-18(13)27(19(14)16)22-17(24)11-12(31-22)10-15-20(28)25-23(30)26-21(15)29/h3-11H,1-2H3,(H2,25,26,28,29,30). The van der Waals surface area contributed by atoms with Gasteiger partial charge in [-0.25, -0.2) is 0 Å². The van der Waals surface area contributed by atoms with Gasteiger partial charge < -0.3 is 0 Å². The molecule has 0 spiro atoms. The molecule has 2 amide bonds. The fourth-order valence-electron chi connectivity index (χ4n) is 4.71. The van der Waals surface area contributed by atoms with Gasteiger partial charge in [0.2, 0.25) is 0 Å². The summed E-state index contributed by atoms with van der Waals surface area (Å²) < 4.78 is 4.82. The van der Waals surface area contributed by atoms with Gasteiger partial charge in [-0.15, -0.1) is 0 Å². The van der Waals surface area contributed by atoms with Gasteiger partial charge in [-0.3, -0.25) is 0 Å². The van der Waals surface area contributed by atoms with Gasteiger partial charge >= 0.3 is 194 Å². The average molecular weight is 539 g/mol. The number of fused-ring (bicyclic) bond motifs is 5. The van der Waals surface area contributed by atoms with Crippen molar-refractivity contribution in [2.24, 2.45) is 0 Å². The fourth-order valence-corrected chi connectivity index (χ4v) is 8.56. The Hall–Kier alpha value is -2.72. The predicted molar refractivity (Wildman–Crippen MR) is 127 cm³/mol. The molecule has 2 aromatic heterocycles. The van der Waals surface area contributed by atoms with Crippen molar-refractivity contribution in [3.05, 3.63) is 68.8 Å². The molecule has 0 radical (unpaired) electrons. The van der Waals surface area contributed by atoms with Crippen molar-refractivity contribution < 1.29 is 9.59 Å². The average Bonchev–Trinajstić information content (AvgIpc) is 3.29. The Balaban J connectivity index is 1.64. The summed E-state index contributed by atoms with van der Waals surface area (Å²) in [6.07, 6.45) is 1.75. The molecule has 0 atom stereocenters. The van der Waals surface area contributed by atoms with Gasteiger partial charge in [0, 0.05) is 0 Å². The summed E-state index contributed by atoms with van der Waals surface area (Å²) in [7, 11) is 0. The number of nitrogens with one attached hydrogen (secondary N) is 2. The maximum absolute atomic E-state index is 12.4. The molecule has 2 aliphatic heterocycles. The summed E-state index contributed by atoms with van der Waals surface area (Å²) in [6, 6.07) is 17.3. The van der Waals surface area contributed by atoms with Gasteiger partial charge in [0.1, 0.15) is 0 Å². The summed E-state index contributed by atoms with van der Waals surface area (Å²) in [6.45, 7) is 4.52. The second kappa shape index (κ2) is 6.39. The first-order chi connectivity index (χ1) is 14.9. The number of nitrogens with zero attached hydrogens (tertiary/aromatic N) is 1. The maximum atomic E-state index is 12.4. The number of benzene rings is 2. The molecule has 1 fully saturated rings. The number of aromatic nitrogens is 1. The monoisotopic (exact) mass is 541 g/mol. The van der Waals surface area contributed by atoms with Crippen LogP contribution in [0.4, 0.5) is 0 Å². The zero-order chi connectivity index (χ0) is 21.5. The van der Waals surface area contributed by atoms with E-state index in [1.54, 1.807) is 6.08 Å². The topological polar surface area (TPSA) is 63.1 Å². The molecule has 31 heavy (non-hydrogen) atoms. The first kappa shape index (κ1) is 19.0. The van der Waals surface area contributed by atoms with E-state index in [2.05, 4.69) is 77.6 Å². The van der Waals surface area contributed by atoms with Crippen molar-refractivity contribution in [1.29, 1.82) is 0 Å². The van der Waals surface area contributed by atoms with E-state index in [-0.39, 0.29) is 16.1 Å². The summed E-state index contributed by atoms with van der Waals surface area (Å²) in [5, 5.41) is 7.62. The number of thiocarbonyl (C=S) groups is 1. The molecule has 0 unspecified atom stereocenters. The molecule has 0 bridgehead atoms. The van der Waals surface area contributed by atoms with Crippen LogP contribution < -0.4 is 10.6 Å². The number of rotatable bonds is 1. The minimum atomic E-state index is -0.815. The molecule has 2 aliphatic rings. The van der Waals surface area contributed by atoms with Crippen LogP contribution in [0, 0.1) is 0 Å². The van der Waals surface area contributed by atoms with Gasteiger partial charge in [0.15, 0.2) is 0 Å². The third kappa shape index (κ3) is 2.58. The number of hydrogen-bond donors (Lipinski definition) is 2. The van der Waals surface area contributed by atoms with E-state index in [1.807, 2.05) is 0 Å². The quantitative estimate of drug-likeness (QED) is 0.169. The molecule has 2 aromatic carbocycles. The molecule has 6 rings (SSSR count). The summed E-state index contributed by atoms with van der Waals surface area (Å²) in [5.74, 6) is -0.883. The van der Waals surface area contributed by atoms with Crippen molar-refractivity contribution in [3.63, 3.8) is 0 Å². The molecule has 7 heteroatoms. The third-order valence-corrected chi connectivity index (χ3v) is 9.46. The van der Waals surface area contributed by atoms with E-state index >= 15 is 0 Å². The summed E-state index contributed by atoms with van der Waals surface area (Å²) in [4.78, 5) is 24.7. The molecule has 4 aromatic rings. The van der Waals surface area contributed by atoms with Gasteiger partial charge in [-0.1, -0.05) is 0 Å². The number of amides is 2. The van der Waals surface area contributed by atoms with Crippen molar-refractivity contribution in [2.45, 2.75) is 19.3 Å².